The van der Waals surface area contributed by atoms with Crippen molar-refractivity contribution in [1.82, 2.24) is 0 Å². The monoisotopic (exact) mass is 346 g/mol. The van der Waals surface area contributed by atoms with Crippen molar-refractivity contribution in [3.8, 4) is 5.75 Å². The van der Waals surface area contributed by atoms with Gasteiger partial charge in [0.1, 0.15) is 5.75 Å². The number of carbonyl (C=O) groups is 1. The van der Waals surface area contributed by atoms with E-state index in [9.17, 15) is 4.79 Å². The molecule has 0 saturated carbocycles. The fourth-order valence-electron chi connectivity index (χ4n) is 2.22. The van der Waals surface area contributed by atoms with E-state index in [4.69, 9.17) is 25.9 Å². The molecule has 0 amide bonds. The minimum absolute atomic E-state index is 0.496. The number of hydroxylamine groups is 1. The minimum atomic E-state index is -1.05. The molecule has 124 valence electrons. The molecule has 0 saturated heterocycles. The van der Waals surface area contributed by atoms with Crippen molar-refractivity contribution in [3.63, 3.8) is 0 Å². The molecule has 0 N–H and O–H groups in total. The second-order valence-corrected chi connectivity index (χ2v) is 5.37. The molecule has 7 heteroatoms. The van der Waals surface area contributed by atoms with Crippen LogP contribution in [0, 0.1) is 0 Å². The molecule has 24 heavy (non-hydrogen) atoms. The predicted molar refractivity (Wildman–Crippen MR) is 90.4 cm³/mol. The van der Waals surface area contributed by atoms with Crippen molar-refractivity contribution in [1.29, 1.82) is 0 Å². The number of amidine groups is 1. The second kappa shape index (κ2) is 6.90. The van der Waals surface area contributed by atoms with Gasteiger partial charge in [0, 0.05) is 10.6 Å². The van der Waals surface area contributed by atoms with Crippen molar-refractivity contribution in [3.05, 3.63) is 59.1 Å². The molecule has 0 radical (unpaired) electrons. The Balaban J connectivity index is 1.98. The Morgan fingerprint density at radius 2 is 1.79 bits per heavy atom. The van der Waals surface area contributed by atoms with Crippen LogP contribution in [0.5, 0.6) is 5.75 Å². The van der Waals surface area contributed by atoms with Gasteiger partial charge in [-0.15, -0.1) is 0 Å². The third kappa shape index (κ3) is 3.20. The van der Waals surface area contributed by atoms with Crippen LogP contribution in [-0.2, 0) is 14.4 Å². The molecule has 0 aromatic heterocycles. The van der Waals surface area contributed by atoms with Crippen molar-refractivity contribution < 1.29 is 19.1 Å². The number of aliphatic imine (C=N–C) groups is 1. The number of hydrogen-bond acceptors (Lipinski definition) is 6. The Morgan fingerprint density at radius 1 is 1.12 bits per heavy atom. The van der Waals surface area contributed by atoms with Gasteiger partial charge < -0.3 is 9.47 Å². The number of anilines is 1. The van der Waals surface area contributed by atoms with Crippen LogP contribution in [0.25, 0.3) is 0 Å². The van der Waals surface area contributed by atoms with E-state index in [1.54, 1.807) is 31.4 Å². The lowest BCUT2D eigenvalue weighted by atomic mass is 10.2. The number of nitrogens with zero attached hydrogens (tertiary/aromatic N) is 2. The van der Waals surface area contributed by atoms with Crippen LogP contribution in [0.15, 0.2) is 53.5 Å². The summed E-state index contributed by atoms with van der Waals surface area (Å²) in [6.45, 7) is 0. The molecule has 0 fully saturated rings. The first kappa shape index (κ1) is 16.3. The van der Waals surface area contributed by atoms with E-state index in [1.165, 1.54) is 12.2 Å². The molecule has 1 aliphatic heterocycles. The number of rotatable bonds is 4. The van der Waals surface area contributed by atoms with Gasteiger partial charge >= 0.3 is 5.97 Å². The summed E-state index contributed by atoms with van der Waals surface area (Å²) >= 11 is 5.93. The molecule has 1 unspecified atom stereocenters. The topological polar surface area (TPSA) is 60.4 Å². The summed E-state index contributed by atoms with van der Waals surface area (Å²) in [4.78, 5) is 21.8. The Kier molecular flexibility index (Phi) is 4.69. The molecule has 3 rings (SSSR count). The number of hydrogen-bond donors (Lipinski definition) is 0. The zero-order valence-electron chi connectivity index (χ0n) is 13.1. The maximum Gasteiger partial charge on any atom is 0.360 e. The molecule has 0 spiro atoms. The Hall–Kier alpha value is -2.57. The fraction of sp³-hybridized carbons (Fsp3) is 0.176. The first-order chi connectivity index (χ1) is 11.6. The van der Waals surface area contributed by atoms with E-state index in [2.05, 4.69) is 4.99 Å². The van der Waals surface area contributed by atoms with E-state index in [1.807, 2.05) is 24.3 Å². The quantitative estimate of drug-likeness (QED) is 0.796. The Labute approximate surface area is 144 Å². The van der Waals surface area contributed by atoms with Gasteiger partial charge in [0.15, 0.2) is 5.84 Å². The number of methoxy groups -OCH3 is 2. The van der Waals surface area contributed by atoms with E-state index in [0.29, 0.717) is 16.5 Å². The summed E-state index contributed by atoms with van der Waals surface area (Å²) in [6.07, 6.45) is -1.05. The van der Waals surface area contributed by atoms with Crippen LogP contribution in [0.2, 0.25) is 5.02 Å². The maximum absolute atomic E-state index is 11.8. The SMILES string of the molecule is COC(=O)C1N=C(c2ccc(OC)cc2)N(c2ccc(Cl)cc2)O1. The van der Waals surface area contributed by atoms with Crippen molar-refractivity contribution in [2.75, 3.05) is 19.3 Å². The van der Waals surface area contributed by atoms with Gasteiger partial charge in [0.2, 0.25) is 0 Å². The van der Waals surface area contributed by atoms with E-state index < -0.39 is 12.2 Å². The van der Waals surface area contributed by atoms with E-state index >= 15 is 0 Å². The lowest BCUT2D eigenvalue weighted by Crippen LogP contribution is -2.30. The number of benzene rings is 2. The highest BCUT2D eigenvalue weighted by Crippen LogP contribution is 2.27. The largest absolute Gasteiger partial charge is 0.497 e. The normalized spacial score (nSPS) is 16.7. The van der Waals surface area contributed by atoms with Gasteiger partial charge in [-0.2, -0.15) is 0 Å². The van der Waals surface area contributed by atoms with Crippen LogP contribution >= 0.6 is 11.6 Å². The molecule has 2 aromatic carbocycles. The summed E-state index contributed by atoms with van der Waals surface area (Å²) in [6, 6.07) is 14.3. The smallest absolute Gasteiger partial charge is 0.360 e. The average molecular weight is 347 g/mol. The van der Waals surface area contributed by atoms with Gasteiger partial charge in [-0.3, -0.25) is 0 Å². The van der Waals surface area contributed by atoms with Crippen LogP contribution in [0.3, 0.4) is 0 Å². The Morgan fingerprint density at radius 3 is 2.38 bits per heavy atom. The molecular weight excluding hydrogens is 332 g/mol. The summed E-state index contributed by atoms with van der Waals surface area (Å²) in [7, 11) is 2.89. The van der Waals surface area contributed by atoms with Crippen LogP contribution in [-0.4, -0.2) is 32.3 Å². The fourth-order valence-corrected chi connectivity index (χ4v) is 2.35. The van der Waals surface area contributed by atoms with E-state index in [0.717, 1.165) is 11.3 Å². The molecule has 1 heterocycles. The van der Waals surface area contributed by atoms with Gasteiger partial charge in [-0.1, -0.05) is 11.6 Å². The van der Waals surface area contributed by atoms with E-state index in [-0.39, 0.29) is 0 Å². The molecule has 1 atom stereocenters. The van der Waals surface area contributed by atoms with Crippen LogP contribution in [0.1, 0.15) is 5.56 Å². The second-order valence-electron chi connectivity index (χ2n) is 4.93. The Bertz CT molecular complexity index is 759. The molecule has 0 aliphatic carbocycles. The lowest BCUT2D eigenvalue weighted by Gasteiger charge is -2.19. The average Bonchev–Trinajstić information content (AvgIpc) is 3.07. The lowest BCUT2D eigenvalue weighted by molar-refractivity contribution is -0.152. The molecule has 1 aliphatic rings. The molecule has 0 bridgehead atoms. The molecular formula is C17H15ClN2O4. The third-order valence-corrected chi connectivity index (χ3v) is 3.70. The molecule has 6 nitrogen and oxygen atoms in total. The number of ether oxygens (including phenoxy) is 2. The zero-order chi connectivity index (χ0) is 17.1. The standard InChI is InChI=1S/C17H15ClN2O4/c1-22-14-9-3-11(4-10-14)15-19-16(17(21)23-2)24-20(15)13-7-5-12(18)6-8-13/h3-10,16H,1-2H3. The number of halogens is 1. The highest BCUT2D eigenvalue weighted by molar-refractivity contribution is 6.30. The summed E-state index contributed by atoms with van der Waals surface area (Å²) in [5.74, 6) is 0.647. The van der Waals surface area contributed by atoms with Crippen molar-refractivity contribution >= 4 is 29.1 Å². The predicted octanol–water partition coefficient (Wildman–Crippen LogP) is 3.05. The van der Waals surface area contributed by atoms with Crippen LogP contribution < -0.4 is 9.80 Å². The highest BCUT2D eigenvalue weighted by atomic mass is 35.5. The van der Waals surface area contributed by atoms with Crippen molar-refractivity contribution in [2.45, 2.75) is 6.23 Å². The van der Waals surface area contributed by atoms with Gasteiger partial charge in [0.25, 0.3) is 6.23 Å². The third-order valence-electron chi connectivity index (χ3n) is 3.45. The molecule has 2 aromatic rings. The summed E-state index contributed by atoms with van der Waals surface area (Å²) in [5, 5.41) is 2.09. The summed E-state index contributed by atoms with van der Waals surface area (Å²) < 4.78 is 9.88. The first-order valence-electron chi connectivity index (χ1n) is 7.15. The van der Waals surface area contributed by atoms with Gasteiger partial charge in [-0.25, -0.2) is 19.7 Å². The maximum atomic E-state index is 11.8. The number of esters is 1. The number of carbonyl (C=O) groups excluding carboxylic acids is 1. The van der Waals surface area contributed by atoms with Gasteiger partial charge in [-0.05, 0) is 48.5 Å². The highest BCUT2D eigenvalue weighted by Gasteiger charge is 2.34. The van der Waals surface area contributed by atoms with Gasteiger partial charge in [0.05, 0.1) is 19.9 Å². The summed E-state index contributed by atoms with van der Waals surface area (Å²) in [5.41, 5.74) is 1.47. The zero-order valence-corrected chi connectivity index (χ0v) is 13.9. The first-order valence-corrected chi connectivity index (χ1v) is 7.52. The van der Waals surface area contributed by atoms with Crippen molar-refractivity contribution in [2.24, 2.45) is 4.99 Å². The minimum Gasteiger partial charge on any atom is -0.497 e. The van der Waals surface area contributed by atoms with Crippen LogP contribution in [0.4, 0.5) is 5.69 Å².